The van der Waals surface area contributed by atoms with Crippen molar-refractivity contribution < 1.29 is 13.2 Å². The van der Waals surface area contributed by atoms with E-state index >= 15 is 0 Å². The van der Waals surface area contributed by atoms with Crippen LogP contribution in [0, 0.1) is 6.92 Å². The topological polar surface area (TPSA) is 49.4 Å². The van der Waals surface area contributed by atoms with Crippen LogP contribution in [0.1, 0.15) is 22.9 Å². The summed E-state index contributed by atoms with van der Waals surface area (Å²) in [5.74, 6) is 0.705. The molecular weight excluding hydrogens is 372 g/mol. The first kappa shape index (κ1) is 18.7. The summed E-state index contributed by atoms with van der Waals surface area (Å²) in [5.41, 5.74) is 2.96. The molecule has 4 rings (SSSR count). The first-order valence-corrected chi connectivity index (χ1v) is 10.5. The second-order valence-corrected chi connectivity index (χ2v) is 8.62. The fourth-order valence-corrected chi connectivity index (χ4v) is 4.88. The van der Waals surface area contributed by atoms with Gasteiger partial charge in [0.1, 0.15) is 11.9 Å². The first-order valence-electron chi connectivity index (χ1n) is 9.06. The van der Waals surface area contributed by atoms with Gasteiger partial charge in [-0.2, -0.15) is 5.01 Å². The van der Waals surface area contributed by atoms with Crippen molar-refractivity contribution in [3.8, 4) is 5.75 Å². The number of ether oxygens (including phenoxy) is 1. The smallest absolute Gasteiger partial charge is 0.257 e. The number of nitrogens with zero attached hydrogens (tertiary/aromatic N) is 2. The summed E-state index contributed by atoms with van der Waals surface area (Å²) in [5, 5.41) is 1.86. The van der Waals surface area contributed by atoms with Crippen LogP contribution in [0.2, 0.25) is 0 Å². The van der Waals surface area contributed by atoms with Crippen molar-refractivity contribution in [3.05, 3.63) is 95.6 Å². The lowest BCUT2D eigenvalue weighted by Crippen LogP contribution is -2.17. The van der Waals surface area contributed by atoms with Crippen molar-refractivity contribution in [2.45, 2.75) is 24.5 Å². The lowest BCUT2D eigenvalue weighted by atomic mass is 10.2. The van der Waals surface area contributed by atoms with Crippen LogP contribution in [-0.2, 0) is 16.6 Å². The Morgan fingerprint density at radius 1 is 0.929 bits per heavy atom. The Labute approximate surface area is 165 Å². The highest BCUT2D eigenvalue weighted by molar-refractivity contribution is 7.89. The van der Waals surface area contributed by atoms with Crippen LogP contribution in [0.5, 0.6) is 5.75 Å². The molecule has 3 aromatic carbocycles. The SMILES string of the molecule is COc1cccc([C@H]2N(Cc3ccccc3)N2S(=O)(=O)c2ccc(C)cc2)c1. The molecule has 0 saturated carbocycles. The summed E-state index contributed by atoms with van der Waals surface area (Å²) in [7, 11) is -2.04. The van der Waals surface area contributed by atoms with E-state index in [0.29, 0.717) is 17.2 Å². The number of aryl methyl sites for hydroxylation is 1. The zero-order valence-corrected chi connectivity index (χ0v) is 16.6. The summed E-state index contributed by atoms with van der Waals surface area (Å²) in [6.07, 6.45) is -0.360. The molecule has 1 fully saturated rings. The van der Waals surface area contributed by atoms with Gasteiger partial charge >= 0.3 is 0 Å². The molecule has 2 unspecified atom stereocenters. The van der Waals surface area contributed by atoms with Gasteiger partial charge in [-0.15, -0.1) is 4.41 Å². The number of hydrazine groups is 1. The molecule has 144 valence electrons. The van der Waals surface area contributed by atoms with E-state index < -0.39 is 10.0 Å². The molecule has 0 radical (unpaired) electrons. The zero-order valence-electron chi connectivity index (χ0n) is 15.8. The van der Waals surface area contributed by atoms with Gasteiger partial charge in [-0.05, 0) is 42.3 Å². The van der Waals surface area contributed by atoms with Crippen LogP contribution in [0.3, 0.4) is 0 Å². The Kier molecular flexibility index (Phi) is 4.93. The van der Waals surface area contributed by atoms with Crippen molar-refractivity contribution in [3.63, 3.8) is 0 Å². The molecule has 6 heteroatoms. The van der Waals surface area contributed by atoms with Gasteiger partial charge < -0.3 is 4.74 Å². The normalized spacial score (nSPS) is 21.3. The highest BCUT2D eigenvalue weighted by atomic mass is 32.2. The van der Waals surface area contributed by atoms with E-state index in [2.05, 4.69) is 0 Å². The summed E-state index contributed by atoms with van der Waals surface area (Å²) in [4.78, 5) is 0.293. The molecular formula is C22H22N2O3S. The zero-order chi connectivity index (χ0) is 19.7. The quantitative estimate of drug-likeness (QED) is 0.590. The molecule has 0 aliphatic carbocycles. The molecule has 0 N–H and O–H groups in total. The van der Waals surface area contributed by atoms with Crippen LogP contribution in [0.4, 0.5) is 0 Å². The molecule has 5 nitrogen and oxygen atoms in total. The molecule has 0 amide bonds. The third-order valence-corrected chi connectivity index (χ3v) is 6.60. The van der Waals surface area contributed by atoms with Gasteiger partial charge in [0.05, 0.1) is 12.0 Å². The Morgan fingerprint density at radius 3 is 2.32 bits per heavy atom. The van der Waals surface area contributed by atoms with Crippen LogP contribution >= 0.6 is 0 Å². The maximum atomic E-state index is 13.3. The fraction of sp³-hybridized carbons (Fsp3) is 0.182. The van der Waals surface area contributed by atoms with E-state index in [1.165, 1.54) is 4.41 Å². The minimum Gasteiger partial charge on any atom is -0.497 e. The number of sulfonamides is 1. The minimum absolute atomic E-state index is 0.293. The average molecular weight is 394 g/mol. The molecule has 28 heavy (non-hydrogen) atoms. The van der Waals surface area contributed by atoms with E-state index in [0.717, 1.165) is 16.7 Å². The van der Waals surface area contributed by atoms with Gasteiger partial charge in [0.25, 0.3) is 10.0 Å². The van der Waals surface area contributed by atoms with Crippen LogP contribution in [-0.4, -0.2) is 25.0 Å². The molecule has 1 aliphatic rings. The second kappa shape index (κ2) is 7.39. The summed E-state index contributed by atoms with van der Waals surface area (Å²) < 4.78 is 33.4. The molecule has 3 aromatic rings. The predicted molar refractivity (Wildman–Crippen MR) is 108 cm³/mol. The van der Waals surface area contributed by atoms with Gasteiger partial charge in [-0.25, -0.2) is 8.42 Å². The van der Waals surface area contributed by atoms with Crippen molar-refractivity contribution in [1.82, 2.24) is 9.42 Å². The summed E-state index contributed by atoms with van der Waals surface area (Å²) in [6, 6.07) is 24.4. The monoisotopic (exact) mass is 394 g/mol. The number of hydrogen-bond donors (Lipinski definition) is 0. The minimum atomic E-state index is -3.65. The number of benzene rings is 3. The Hall–Kier alpha value is -2.67. The number of rotatable bonds is 6. The molecule has 1 heterocycles. The van der Waals surface area contributed by atoms with Crippen LogP contribution in [0.25, 0.3) is 0 Å². The third kappa shape index (κ3) is 3.54. The first-order chi connectivity index (χ1) is 13.5. The maximum Gasteiger partial charge on any atom is 0.257 e. The largest absolute Gasteiger partial charge is 0.497 e. The van der Waals surface area contributed by atoms with Crippen molar-refractivity contribution in [1.29, 1.82) is 0 Å². The maximum absolute atomic E-state index is 13.3. The van der Waals surface area contributed by atoms with E-state index in [-0.39, 0.29) is 6.17 Å². The van der Waals surface area contributed by atoms with Crippen molar-refractivity contribution in [2.75, 3.05) is 7.11 Å². The van der Waals surface area contributed by atoms with Gasteiger partial charge in [0.15, 0.2) is 0 Å². The summed E-state index contributed by atoms with van der Waals surface area (Å²) >= 11 is 0. The van der Waals surface area contributed by atoms with Crippen molar-refractivity contribution >= 4 is 10.0 Å². The molecule has 0 aromatic heterocycles. The Balaban J connectivity index is 1.70. The molecule has 0 bridgehead atoms. The second-order valence-electron chi connectivity index (χ2n) is 6.82. The lowest BCUT2D eigenvalue weighted by Gasteiger charge is -2.07. The van der Waals surface area contributed by atoms with Crippen LogP contribution in [0.15, 0.2) is 83.8 Å². The average Bonchev–Trinajstić information content (AvgIpc) is 3.44. The molecule has 1 aliphatic heterocycles. The molecule has 0 spiro atoms. The highest BCUT2D eigenvalue weighted by Gasteiger charge is 2.54. The van der Waals surface area contributed by atoms with E-state index in [1.807, 2.05) is 78.7 Å². The molecule has 3 atom stereocenters. The van der Waals surface area contributed by atoms with Gasteiger partial charge in [0.2, 0.25) is 0 Å². The molecule has 1 saturated heterocycles. The van der Waals surface area contributed by atoms with E-state index in [9.17, 15) is 8.42 Å². The fourth-order valence-electron chi connectivity index (χ4n) is 3.30. The highest BCUT2D eigenvalue weighted by Crippen LogP contribution is 2.47. The number of hydrogen-bond acceptors (Lipinski definition) is 4. The van der Waals surface area contributed by atoms with E-state index in [1.54, 1.807) is 19.2 Å². The standard InChI is InChI=1S/C22H22N2O3S/c1-17-11-13-21(14-12-17)28(25,26)24-22(19-9-6-10-20(15-19)27-2)23(24)16-18-7-4-3-5-8-18/h3-15,22H,16H2,1-2H3/t22-,23?,24?/m0/s1. The Bertz CT molecular complexity index is 1070. The third-order valence-electron chi connectivity index (χ3n) is 4.83. The van der Waals surface area contributed by atoms with Gasteiger partial charge in [-0.3, -0.25) is 0 Å². The van der Waals surface area contributed by atoms with Gasteiger partial charge in [0, 0.05) is 6.54 Å². The van der Waals surface area contributed by atoms with Crippen molar-refractivity contribution in [2.24, 2.45) is 0 Å². The van der Waals surface area contributed by atoms with E-state index in [4.69, 9.17) is 4.74 Å². The number of methoxy groups -OCH3 is 1. The lowest BCUT2D eigenvalue weighted by molar-refractivity contribution is 0.390. The predicted octanol–water partition coefficient (Wildman–Crippen LogP) is 4.12. The van der Waals surface area contributed by atoms with Crippen LogP contribution < -0.4 is 4.74 Å². The summed E-state index contributed by atoms with van der Waals surface area (Å²) in [6.45, 7) is 2.45. The van der Waals surface area contributed by atoms with Gasteiger partial charge in [-0.1, -0.05) is 60.2 Å². The Morgan fingerprint density at radius 2 is 1.64 bits per heavy atom.